The predicted octanol–water partition coefficient (Wildman–Crippen LogP) is 17.2. The van der Waals surface area contributed by atoms with E-state index in [1.54, 1.807) is 6.08 Å². The molecule has 2 aliphatic heterocycles. The van der Waals surface area contributed by atoms with Crippen molar-refractivity contribution in [2.24, 2.45) is 0 Å². The van der Waals surface area contributed by atoms with Crippen molar-refractivity contribution in [3.8, 4) is 0 Å². The lowest BCUT2D eigenvalue weighted by Gasteiger charge is -2.46. The molecule has 0 aromatic heterocycles. The second kappa shape index (κ2) is 62.7. The Morgan fingerprint density at radius 1 is 0.380 bits per heavy atom. The minimum Gasteiger partial charge on any atom is -0.394 e. The zero-order valence-electron chi connectivity index (χ0n) is 59.3. The van der Waals surface area contributed by atoms with Gasteiger partial charge in [0, 0.05) is 6.42 Å². The number of nitrogens with one attached hydrogen (secondary N) is 1. The Labute approximate surface area is 563 Å². The normalized spacial score (nSPS) is 22.8. The van der Waals surface area contributed by atoms with Gasteiger partial charge >= 0.3 is 0 Å². The van der Waals surface area contributed by atoms with Crippen LogP contribution in [0.3, 0.4) is 0 Å². The maximum absolute atomic E-state index is 13.4. The van der Waals surface area contributed by atoms with Gasteiger partial charge in [-0.3, -0.25) is 4.79 Å². The van der Waals surface area contributed by atoms with Crippen LogP contribution in [-0.4, -0.2) is 140 Å². The monoisotopic (exact) mass is 1310 g/mol. The molecule has 14 nitrogen and oxygen atoms in total. The van der Waals surface area contributed by atoms with Crippen molar-refractivity contribution in [2.75, 3.05) is 19.8 Å². The molecule has 2 rings (SSSR count). The molecule has 2 fully saturated rings. The van der Waals surface area contributed by atoms with Gasteiger partial charge in [0.1, 0.15) is 48.8 Å². The van der Waals surface area contributed by atoms with Crippen LogP contribution in [0.1, 0.15) is 361 Å². The minimum atomic E-state index is -1.79. The van der Waals surface area contributed by atoms with Gasteiger partial charge in [-0.2, -0.15) is 0 Å². The van der Waals surface area contributed by atoms with Crippen molar-refractivity contribution in [3.63, 3.8) is 0 Å². The molecule has 9 N–H and O–H groups in total. The number of carbonyl (C=O) groups excluding carboxylic acids is 1. The predicted molar refractivity (Wildman–Crippen MR) is 378 cm³/mol. The fourth-order valence-electron chi connectivity index (χ4n) is 13.1. The number of aliphatic hydroxyl groups is 8. The number of unbranched alkanes of at least 4 members (excludes halogenated alkanes) is 49. The topological polar surface area (TPSA) is 228 Å². The number of carbonyl (C=O) groups is 1. The van der Waals surface area contributed by atoms with E-state index < -0.39 is 86.8 Å². The summed E-state index contributed by atoms with van der Waals surface area (Å²) in [6.45, 7) is 2.84. The summed E-state index contributed by atoms with van der Waals surface area (Å²) in [6.07, 6.45) is 65.2. The first-order valence-electron chi connectivity index (χ1n) is 39.2. The van der Waals surface area contributed by atoms with Crippen molar-refractivity contribution in [3.05, 3.63) is 36.5 Å². The lowest BCUT2D eigenvalue weighted by Crippen LogP contribution is -2.65. The largest absolute Gasteiger partial charge is 0.394 e. The van der Waals surface area contributed by atoms with Crippen LogP contribution in [-0.2, 0) is 23.7 Å². The Hall–Kier alpha value is -1.79. The average molecular weight is 1310 g/mol. The molecule has 0 aliphatic carbocycles. The Balaban J connectivity index is 1.63. The Kier molecular flexibility index (Phi) is 58.8. The highest BCUT2D eigenvalue weighted by Gasteiger charge is 2.51. The molecule has 2 saturated heterocycles. The lowest BCUT2D eigenvalue weighted by molar-refractivity contribution is -0.359. The van der Waals surface area contributed by atoms with Gasteiger partial charge < -0.3 is 65.1 Å². The molecule has 0 saturated carbocycles. The molecule has 92 heavy (non-hydrogen) atoms. The summed E-state index contributed by atoms with van der Waals surface area (Å²) in [6, 6.07) is -0.938. The van der Waals surface area contributed by atoms with E-state index in [9.17, 15) is 45.6 Å². The summed E-state index contributed by atoms with van der Waals surface area (Å²) in [7, 11) is 0. The molecule has 12 unspecified atom stereocenters. The number of aliphatic hydroxyl groups excluding tert-OH is 8. The third-order valence-corrected chi connectivity index (χ3v) is 19.3. The average Bonchev–Trinajstić information content (AvgIpc) is 0.847. The van der Waals surface area contributed by atoms with Crippen molar-refractivity contribution in [1.82, 2.24) is 5.32 Å². The molecular weight excluding hydrogens is 1160 g/mol. The smallest absolute Gasteiger partial charge is 0.220 e. The van der Waals surface area contributed by atoms with E-state index in [4.69, 9.17) is 18.9 Å². The summed E-state index contributed by atoms with van der Waals surface area (Å²) in [5, 5.41) is 87.5. The number of allylic oxidation sites excluding steroid dienone is 5. The van der Waals surface area contributed by atoms with Crippen LogP contribution in [0.5, 0.6) is 0 Å². The first kappa shape index (κ1) is 86.3. The van der Waals surface area contributed by atoms with Gasteiger partial charge in [-0.1, -0.05) is 346 Å². The first-order chi connectivity index (χ1) is 45.1. The number of rotatable bonds is 66. The SMILES string of the molecule is CCCCCCCCCCCCCCCC/C=C/CC/C=C/CC/C=C/C(O)C(COC1OC(CO)C(OC2OC(CO)C(O)C(O)C2O)C(O)C1O)NC(=O)CCCCCCCCCCCCCCCCCCCCCCCCCCCCCCCCCCCC. The van der Waals surface area contributed by atoms with E-state index in [2.05, 4.69) is 43.5 Å². The summed E-state index contributed by atoms with van der Waals surface area (Å²) < 4.78 is 22.9. The number of hydrogen-bond acceptors (Lipinski definition) is 13. The summed E-state index contributed by atoms with van der Waals surface area (Å²) in [5.74, 6) is -0.245. The molecular formula is C78H147NO13. The van der Waals surface area contributed by atoms with Gasteiger partial charge in [0.25, 0.3) is 0 Å². The van der Waals surface area contributed by atoms with Gasteiger partial charge in [0.2, 0.25) is 5.91 Å². The molecule has 0 bridgehead atoms. The molecule has 0 aromatic carbocycles. The highest BCUT2D eigenvalue weighted by molar-refractivity contribution is 5.76. The van der Waals surface area contributed by atoms with E-state index in [1.165, 1.54) is 283 Å². The lowest BCUT2D eigenvalue weighted by atomic mass is 9.97. The van der Waals surface area contributed by atoms with Crippen molar-refractivity contribution in [2.45, 2.75) is 434 Å². The molecule has 0 spiro atoms. The standard InChI is InChI=1S/C78H147NO13/c1-3-5-7-9-11-13-15-17-19-21-23-25-27-29-30-31-32-33-34-35-36-37-38-40-42-44-46-48-50-52-54-56-58-60-62-70(83)79-66(65-89-77-75(88)73(86)76(69(64-81)91-77)92-78-74(87)72(85)71(84)68(63-80)90-78)67(82)61-59-57-55-53-51-49-47-45-43-41-39-28-26-24-22-20-18-16-14-12-10-8-6-4-2/h43,45,51,53,59,61,66-69,71-78,80-82,84-88H,3-42,44,46-50,52,54-58,60,62-65H2,1-2H3,(H,79,83)/b45-43+,53-51+,61-59+. The van der Waals surface area contributed by atoms with Gasteiger partial charge in [-0.05, 0) is 44.9 Å². The fraction of sp³-hybridized carbons (Fsp3) is 0.910. The minimum absolute atomic E-state index is 0.245. The fourth-order valence-corrected chi connectivity index (χ4v) is 13.1. The second-order valence-electron chi connectivity index (χ2n) is 27.8. The zero-order valence-corrected chi connectivity index (χ0v) is 59.3. The first-order valence-corrected chi connectivity index (χ1v) is 39.2. The molecule has 0 radical (unpaired) electrons. The second-order valence-corrected chi connectivity index (χ2v) is 27.8. The number of amides is 1. The van der Waals surface area contributed by atoms with E-state index in [1.807, 2.05) is 6.08 Å². The zero-order chi connectivity index (χ0) is 66.6. The maximum atomic E-state index is 13.4. The Bertz CT molecular complexity index is 1680. The summed E-state index contributed by atoms with van der Waals surface area (Å²) in [4.78, 5) is 13.4. The van der Waals surface area contributed by atoms with Crippen LogP contribution < -0.4 is 5.32 Å². The molecule has 0 aromatic rings. The molecule has 1 amide bonds. The Morgan fingerprint density at radius 2 is 0.696 bits per heavy atom. The Morgan fingerprint density at radius 3 is 1.07 bits per heavy atom. The molecule has 2 heterocycles. The van der Waals surface area contributed by atoms with E-state index in [-0.39, 0.29) is 18.9 Å². The molecule has 542 valence electrons. The quantitative estimate of drug-likeness (QED) is 0.0204. The summed E-state index contributed by atoms with van der Waals surface area (Å²) >= 11 is 0. The number of ether oxygens (including phenoxy) is 4. The number of hydrogen-bond donors (Lipinski definition) is 9. The van der Waals surface area contributed by atoms with Crippen LogP contribution in [0, 0.1) is 0 Å². The van der Waals surface area contributed by atoms with Crippen molar-refractivity contribution < 1.29 is 64.6 Å². The third kappa shape index (κ3) is 45.7. The summed E-state index contributed by atoms with van der Waals surface area (Å²) in [5.41, 5.74) is 0. The van der Waals surface area contributed by atoms with Gasteiger partial charge in [0.15, 0.2) is 12.6 Å². The third-order valence-electron chi connectivity index (χ3n) is 19.3. The van der Waals surface area contributed by atoms with Crippen LogP contribution in [0.2, 0.25) is 0 Å². The van der Waals surface area contributed by atoms with Gasteiger partial charge in [0.05, 0.1) is 32.0 Å². The van der Waals surface area contributed by atoms with Gasteiger partial charge in [-0.15, -0.1) is 0 Å². The van der Waals surface area contributed by atoms with Crippen molar-refractivity contribution >= 4 is 5.91 Å². The van der Waals surface area contributed by atoms with Crippen LogP contribution in [0.4, 0.5) is 0 Å². The van der Waals surface area contributed by atoms with E-state index in [0.717, 1.165) is 44.9 Å². The molecule has 14 heteroatoms. The van der Waals surface area contributed by atoms with E-state index >= 15 is 0 Å². The molecule has 12 atom stereocenters. The van der Waals surface area contributed by atoms with E-state index in [0.29, 0.717) is 12.8 Å². The van der Waals surface area contributed by atoms with Crippen LogP contribution >= 0.6 is 0 Å². The van der Waals surface area contributed by atoms with Crippen molar-refractivity contribution in [1.29, 1.82) is 0 Å². The van der Waals surface area contributed by atoms with Crippen LogP contribution in [0.25, 0.3) is 0 Å². The highest BCUT2D eigenvalue weighted by atomic mass is 16.7. The van der Waals surface area contributed by atoms with Crippen LogP contribution in [0.15, 0.2) is 36.5 Å². The maximum Gasteiger partial charge on any atom is 0.220 e. The highest BCUT2D eigenvalue weighted by Crippen LogP contribution is 2.30. The molecule has 2 aliphatic rings. The van der Waals surface area contributed by atoms with Gasteiger partial charge in [-0.25, -0.2) is 0 Å².